The van der Waals surface area contributed by atoms with Crippen LogP contribution in [0.3, 0.4) is 0 Å². The molecule has 27 heavy (non-hydrogen) atoms. The lowest BCUT2D eigenvalue weighted by molar-refractivity contribution is -0.117. The van der Waals surface area contributed by atoms with Crippen molar-refractivity contribution in [2.24, 2.45) is 0 Å². The molecule has 0 aliphatic carbocycles. The van der Waals surface area contributed by atoms with Crippen LogP contribution in [0.15, 0.2) is 48.5 Å². The molecule has 0 N–H and O–H groups in total. The third-order valence-electron chi connectivity index (χ3n) is 3.48. The fraction of sp³-hybridized carbons (Fsp3) is 0.200. The van der Waals surface area contributed by atoms with Crippen LogP contribution in [0.25, 0.3) is 0 Å². The van der Waals surface area contributed by atoms with Gasteiger partial charge in [-0.25, -0.2) is 0 Å². The number of carbonyl (C=O) groups excluding carboxylic acids is 2. The number of Topliss-reactive ketones (excluding diaryl/α,β-unsaturated/α-hetero) is 2. The predicted octanol–water partition coefficient (Wildman–Crippen LogP) is 5.45. The molecule has 2 rings (SSSR count). The van der Waals surface area contributed by atoms with E-state index < -0.39 is 11.8 Å². The van der Waals surface area contributed by atoms with Crippen molar-refractivity contribution in [1.29, 1.82) is 10.5 Å². The van der Waals surface area contributed by atoms with Crippen molar-refractivity contribution in [3.8, 4) is 12.1 Å². The van der Waals surface area contributed by atoms with Crippen molar-refractivity contribution in [3.05, 3.63) is 69.7 Å². The number of benzene rings is 2. The largest absolute Gasteiger partial charge is 0.298 e. The molecule has 0 aliphatic rings. The first-order valence-corrected chi connectivity index (χ1v) is 9.61. The average Bonchev–Trinajstić information content (AvgIpc) is 2.63. The van der Waals surface area contributed by atoms with Gasteiger partial charge in [-0.3, -0.25) is 9.59 Å². The van der Waals surface area contributed by atoms with Crippen LogP contribution in [0, 0.1) is 22.7 Å². The molecule has 0 aliphatic heterocycles. The van der Waals surface area contributed by atoms with Crippen molar-refractivity contribution in [2.75, 3.05) is 5.33 Å². The summed E-state index contributed by atoms with van der Waals surface area (Å²) in [4.78, 5) is 22.4. The van der Waals surface area contributed by atoms with Crippen LogP contribution in [0.1, 0.15) is 29.9 Å². The zero-order chi connectivity index (χ0) is 20.4. The number of halogens is 3. The average molecular weight is 466 g/mol. The van der Waals surface area contributed by atoms with Crippen LogP contribution in [0.2, 0.25) is 10.0 Å². The first-order chi connectivity index (χ1) is 12.8. The van der Waals surface area contributed by atoms with E-state index >= 15 is 0 Å². The van der Waals surface area contributed by atoms with E-state index in [0.29, 0.717) is 21.2 Å². The zero-order valence-corrected chi connectivity index (χ0v) is 17.4. The van der Waals surface area contributed by atoms with E-state index in [-0.39, 0.29) is 16.9 Å². The van der Waals surface area contributed by atoms with Crippen LogP contribution >= 0.6 is 39.1 Å². The van der Waals surface area contributed by atoms with E-state index in [2.05, 4.69) is 15.9 Å². The number of hydrogen-bond donors (Lipinski definition) is 0. The molecule has 0 heterocycles. The molecule has 4 nitrogen and oxygen atoms in total. The summed E-state index contributed by atoms with van der Waals surface area (Å²) >= 11 is 14.5. The fourth-order valence-electron chi connectivity index (χ4n) is 2.18. The van der Waals surface area contributed by atoms with E-state index in [1.807, 2.05) is 12.1 Å². The van der Waals surface area contributed by atoms with Crippen molar-refractivity contribution in [3.63, 3.8) is 0 Å². The van der Waals surface area contributed by atoms with Gasteiger partial charge in [-0.05, 0) is 42.3 Å². The van der Waals surface area contributed by atoms with Gasteiger partial charge >= 0.3 is 0 Å². The van der Waals surface area contributed by atoms with E-state index in [1.165, 1.54) is 6.92 Å². The Morgan fingerprint density at radius 1 is 0.963 bits per heavy atom. The minimum absolute atomic E-state index is 0.158. The summed E-state index contributed by atoms with van der Waals surface area (Å²) < 4.78 is 0. The second-order valence-electron chi connectivity index (χ2n) is 5.44. The molecule has 0 bridgehead atoms. The predicted molar refractivity (Wildman–Crippen MR) is 109 cm³/mol. The normalized spacial score (nSPS) is 11.8. The molecule has 2 aromatic rings. The summed E-state index contributed by atoms with van der Waals surface area (Å²) in [6.45, 7) is 1.40. The Morgan fingerprint density at radius 2 is 1.41 bits per heavy atom. The zero-order valence-electron chi connectivity index (χ0n) is 14.3. The summed E-state index contributed by atoms with van der Waals surface area (Å²) in [6, 6.07) is 17.5. The van der Waals surface area contributed by atoms with Crippen molar-refractivity contribution in [2.45, 2.75) is 18.8 Å². The number of carbonyl (C=O) groups is 2. The third kappa shape index (κ3) is 7.15. The monoisotopic (exact) mass is 464 g/mol. The van der Waals surface area contributed by atoms with Crippen molar-refractivity contribution in [1.82, 2.24) is 0 Å². The van der Waals surface area contributed by atoms with Crippen molar-refractivity contribution < 1.29 is 9.59 Å². The van der Waals surface area contributed by atoms with Gasteiger partial charge in [0.15, 0.2) is 11.6 Å². The van der Waals surface area contributed by atoms with Gasteiger partial charge in [0.2, 0.25) is 0 Å². The number of hydrogen-bond acceptors (Lipinski definition) is 4. The summed E-state index contributed by atoms with van der Waals surface area (Å²) in [6.07, 6.45) is 0. The molecule has 0 saturated heterocycles. The highest BCUT2D eigenvalue weighted by Crippen LogP contribution is 2.21. The van der Waals surface area contributed by atoms with Gasteiger partial charge in [0, 0.05) is 10.0 Å². The minimum atomic E-state index is -0.729. The van der Waals surface area contributed by atoms with Gasteiger partial charge in [0.25, 0.3) is 0 Å². The summed E-state index contributed by atoms with van der Waals surface area (Å²) in [5.41, 5.74) is 1.30. The maximum absolute atomic E-state index is 11.3. The highest BCUT2D eigenvalue weighted by molar-refractivity contribution is 9.09. The molecule has 7 heteroatoms. The Hall–Kier alpha value is -2.18. The molecule has 2 unspecified atom stereocenters. The van der Waals surface area contributed by atoms with Crippen LogP contribution < -0.4 is 0 Å². The molecule has 2 atom stereocenters. The second kappa shape index (κ2) is 11.5. The van der Waals surface area contributed by atoms with E-state index in [4.69, 9.17) is 33.7 Å². The van der Waals surface area contributed by atoms with E-state index in [0.717, 1.165) is 0 Å². The molecule has 0 saturated carbocycles. The summed E-state index contributed by atoms with van der Waals surface area (Å²) in [5.74, 6) is -1.74. The van der Waals surface area contributed by atoms with E-state index in [9.17, 15) is 9.59 Å². The second-order valence-corrected chi connectivity index (χ2v) is 6.88. The Kier molecular flexibility index (Phi) is 9.75. The summed E-state index contributed by atoms with van der Waals surface area (Å²) in [7, 11) is 0. The topological polar surface area (TPSA) is 81.7 Å². The number of rotatable bonds is 5. The van der Waals surface area contributed by atoms with Crippen LogP contribution in [0.4, 0.5) is 0 Å². The smallest absolute Gasteiger partial charge is 0.164 e. The molecule has 138 valence electrons. The fourth-order valence-corrected chi connectivity index (χ4v) is 2.90. The Bertz CT molecular complexity index is 903. The lowest BCUT2D eigenvalue weighted by atomic mass is 9.97. The van der Waals surface area contributed by atoms with E-state index in [1.54, 1.807) is 48.5 Å². The van der Waals surface area contributed by atoms with Crippen LogP contribution in [-0.2, 0) is 9.59 Å². The maximum atomic E-state index is 11.3. The molecular formula is C20H15BrCl2N2O2. The van der Waals surface area contributed by atoms with Crippen LogP contribution in [0.5, 0.6) is 0 Å². The Balaban J connectivity index is 0.000000271. The number of ketones is 2. The lowest BCUT2D eigenvalue weighted by Crippen LogP contribution is -2.11. The molecule has 0 spiro atoms. The highest BCUT2D eigenvalue weighted by Gasteiger charge is 2.18. The van der Waals surface area contributed by atoms with Gasteiger partial charge in [-0.15, -0.1) is 0 Å². The van der Waals surface area contributed by atoms with Gasteiger partial charge < -0.3 is 0 Å². The Morgan fingerprint density at radius 3 is 1.74 bits per heavy atom. The van der Waals surface area contributed by atoms with Gasteiger partial charge in [0.1, 0.15) is 11.8 Å². The molecule has 0 aromatic heterocycles. The molecule has 2 aromatic carbocycles. The highest BCUT2D eigenvalue weighted by atomic mass is 79.9. The van der Waals surface area contributed by atoms with Gasteiger partial charge in [-0.1, -0.05) is 63.4 Å². The third-order valence-corrected chi connectivity index (χ3v) is 4.51. The number of nitrogens with zero attached hydrogens (tertiary/aromatic N) is 2. The number of alkyl halides is 1. The lowest BCUT2D eigenvalue weighted by Gasteiger charge is -2.06. The van der Waals surface area contributed by atoms with Crippen molar-refractivity contribution >= 4 is 50.7 Å². The quantitative estimate of drug-likeness (QED) is 0.550. The summed E-state index contributed by atoms with van der Waals surface area (Å²) in [5, 5.41) is 18.8. The van der Waals surface area contributed by atoms with Gasteiger partial charge in [-0.2, -0.15) is 10.5 Å². The molecule has 0 fully saturated rings. The maximum Gasteiger partial charge on any atom is 0.164 e. The first-order valence-electron chi connectivity index (χ1n) is 7.73. The SMILES string of the molecule is CC(=O)C(C#N)c1cccc(Cl)c1.N#CC(C(=O)CBr)c1cccc(Cl)c1. The van der Waals surface area contributed by atoms with Crippen LogP contribution in [-0.4, -0.2) is 16.9 Å². The Labute approximate surface area is 176 Å². The standard InChI is InChI=1S/C10H7BrClNO.C10H8ClNO/c11-5-10(14)9(6-13)7-2-1-3-8(12)4-7;1-7(13)10(6-12)8-3-2-4-9(11)5-8/h1-4,9H,5H2;2-5,10H,1H3. The number of nitriles is 2. The molecular weight excluding hydrogens is 451 g/mol. The van der Waals surface area contributed by atoms with Gasteiger partial charge in [0.05, 0.1) is 17.5 Å². The molecule has 0 radical (unpaired) electrons. The first kappa shape index (κ1) is 22.9. The minimum Gasteiger partial charge on any atom is -0.298 e. The molecule has 0 amide bonds.